The Hall–Kier alpha value is -1.49. The molecular weight excluding hydrogens is 247 g/mol. The van der Waals surface area contributed by atoms with Crippen molar-refractivity contribution in [3.05, 3.63) is 39.7 Å². The van der Waals surface area contributed by atoms with Gasteiger partial charge < -0.3 is 5.32 Å². The summed E-state index contributed by atoms with van der Waals surface area (Å²) in [6.45, 7) is 7.11. The highest BCUT2D eigenvalue weighted by molar-refractivity contribution is 5.36. The average molecular weight is 268 g/mol. The maximum Gasteiger partial charge on any atom is 0.305 e. The minimum atomic E-state index is -0.702. The van der Waals surface area contributed by atoms with Gasteiger partial charge in [0.2, 0.25) is 5.82 Å². The van der Waals surface area contributed by atoms with Crippen LogP contribution in [0.25, 0.3) is 0 Å². The number of hydrogen-bond acceptors (Lipinski definition) is 3. The molecule has 1 rings (SSSR count). The predicted octanol–water partition coefficient (Wildman–Crippen LogP) is 3.30. The molecule has 0 amide bonds. The Labute approximate surface area is 113 Å². The Morgan fingerprint density at radius 2 is 2.11 bits per heavy atom. The number of nitro benzene ring substituents is 1. The van der Waals surface area contributed by atoms with Gasteiger partial charge in [0.1, 0.15) is 0 Å². The van der Waals surface area contributed by atoms with Gasteiger partial charge in [0.15, 0.2) is 0 Å². The lowest BCUT2D eigenvalue weighted by molar-refractivity contribution is -0.387. The molecule has 0 saturated carbocycles. The van der Waals surface area contributed by atoms with Crippen LogP contribution in [0.3, 0.4) is 0 Å². The SMILES string of the molecule is CCNC(CCc1cccc([N+](=O)[O-])c1F)C(C)C. The van der Waals surface area contributed by atoms with Gasteiger partial charge in [-0.3, -0.25) is 10.1 Å². The molecule has 5 heteroatoms. The summed E-state index contributed by atoms with van der Waals surface area (Å²) in [7, 11) is 0. The Kier molecular flexibility index (Phi) is 5.89. The second kappa shape index (κ2) is 7.19. The van der Waals surface area contributed by atoms with E-state index in [0.717, 1.165) is 13.0 Å². The Morgan fingerprint density at radius 1 is 1.42 bits per heavy atom. The molecule has 0 aromatic heterocycles. The van der Waals surface area contributed by atoms with Crippen molar-refractivity contribution in [2.75, 3.05) is 6.54 Å². The largest absolute Gasteiger partial charge is 0.314 e. The molecule has 1 unspecified atom stereocenters. The first-order valence-electron chi connectivity index (χ1n) is 6.62. The standard InChI is InChI=1S/C14H21FN2O2/c1-4-16-12(10(2)3)9-8-11-6-5-7-13(14(11)15)17(18)19/h5-7,10,12,16H,4,8-9H2,1-3H3. The van der Waals surface area contributed by atoms with Crippen LogP contribution in [0.15, 0.2) is 18.2 Å². The highest BCUT2D eigenvalue weighted by Gasteiger charge is 2.18. The molecule has 4 nitrogen and oxygen atoms in total. The average Bonchev–Trinajstić information content (AvgIpc) is 2.35. The molecule has 0 heterocycles. The van der Waals surface area contributed by atoms with E-state index in [1.54, 1.807) is 6.07 Å². The highest BCUT2D eigenvalue weighted by atomic mass is 19.1. The van der Waals surface area contributed by atoms with Crippen LogP contribution in [0.4, 0.5) is 10.1 Å². The molecule has 0 bridgehead atoms. The van der Waals surface area contributed by atoms with E-state index in [2.05, 4.69) is 19.2 Å². The number of hydrogen-bond donors (Lipinski definition) is 1. The van der Waals surface area contributed by atoms with E-state index in [9.17, 15) is 14.5 Å². The summed E-state index contributed by atoms with van der Waals surface area (Å²) < 4.78 is 13.9. The minimum absolute atomic E-state index is 0.295. The normalized spacial score (nSPS) is 12.7. The van der Waals surface area contributed by atoms with E-state index in [1.807, 2.05) is 6.92 Å². The van der Waals surface area contributed by atoms with Crippen molar-refractivity contribution in [2.45, 2.75) is 39.7 Å². The third kappa shape index (κ3) is 4.28. The van der Waals surface area contributed by atoms with Crippen molar-refractivity contribution in [3.8, 4) is 0 Å². The molecule has 106 valence electrons. The molecule has 1 N–H and O–H groups in total. The second-order valence-corrected chi connectivity index (χ2v) is 4.95. The maximum atomic E-state index is 13.9. The topological polar surface area (TPSA) is 55.2 Å². The lowest BCUT2D eigenvalue weighted by Gasteiger charge is -2.21. The van der Waals surface area contributed by atoms with Crippen molar-refractivity contribution in [2.24, 2.45) is 5.92 Å². The van der Waals surface area contributed by atoms with Crippen LogP contribution in [0.1, 0.15) is 32.8 Å². The van der Waals surface area contributed by atoms with Crippen LogP contribution in [-0.4, -0.2) is 17.5 Å². The van der Waals surface area contributed by atoms with Crippen molar-refractivity contribution >= 4 is 5.69 Å². The quantitative estimate of drug-likeness (QED) is 0.609. The lowest BCUT2D eigenvalue weighted by Crippen LogP contribution is -2.34. The van der Waals surface area contributed by atoms with Gasteiger partial charge in [-0.1, -0.05) is 32.9 Å². The summed E-state index contributed by atoms with van der Waals surface area (Å²) in [5.74, 6) is -0.256. The smallest absolute Gasteiger partial charge is 0.305 e. The van der Waals surface area contributed by atoms with Crippen LogP contribution in [0.5, 0.6) is 0 Å². The van der Waals surface area contributed by atoms with Gasteiger partial charge in [0.25, 0.3) is 0 Å². The first kappa shape index (κ1) is 15.6. The van der Waals surface area contributed by atoms with Crippen LogP contribution >= 0.6 is 0 Å². The van der Waals surface area contributed by atoms with E-state index in [4.69, 9.17) is 0 Å². The number of benzene rings is 1. The van der Waals surface area contributed by atoms with Crippen LogP contribution in [0, 0.1) is 21.8 Å². The van der Waals surface area contributed by atoms with Gasteiger partial charge in [-0.25, -0.2) is 0 Å². The fraction of sp³-hybridized carbons (Fsp3) is 0.571. The number of aryl methyl sites for hydroxylation is 1. The summed E-state index contributed by atoms with van der Waals surface area (Å²) >= 11 is 0. The monoisotopic (exact) mass is 268 g/mol. The van der Waals surface area contributed by atoms with Crippen molar-refractivity contribution in [3.63, 3.8) is 0 Å². The fourth-order valence-electron chi connectivity index (χ4n) is 2.14. The maximum absolute atomic E-state index is 13.9. The number of nitro groups is 1. The molecule has 0 aliphatic carbocycles. The first-order chi connectivity index (χ1) is 8.97. The van der Waals surface area contributed by atoms with Crippen molar-refractivity contribution < 1.29 is 9.31 Å². The minimum Gasteiger partial charge on any atom is -0.314 e. The van der Waals surface area contributed by atoms with Gasteiger partial charge in [-0.2, -0.15) is 4.39 Å². The fourth-order valence-corrected chi connectivity index (χ4v) is 2.14. The van der Waals surface area contributed by atoms with Gasteiger partial charge in [-0.15, -0.1) is 0 Å². The van der Waals surface area contributed by atoms with E-state index in [0.29, 0.717) is 23.9 Å². The Bertz CT molecular complexity index is 435. The summed E-state index contributed by atoms with van der Waals surface area (Å²) in [5, 5.41) is 14.0. The van der Waals surface area contributed by atoms with Crippen LogP contribution < -0.4 is 5.32 Å². The number of nitrogens with zero attached hydrogens (tertiary/aromatic N) is 1. The van der Waals surface area contributed by atoms with Gasteiger partial charge in [0, 0.05) is 12.1 Å². The molecule has 0 saturated heterocycles. The van der Waals surface area contributed by atoms with Crippen LogP contribution in [0.2, 0.25) is 0 Å². The van der Waals surface area contributed by atoms with E-state index >= 15 is 0 Å². The zero-order valence-corrected chi connectivity index (χ0v) is 11.6. The number of rotatable bonds is 7. The van der Waals surface area contributed by atoms with E-state index < -0.39 is 16.4 Å². The summed E-state index contributed by atoms with van der Waals surface area (Å²) in [4.78, 5) is 10.00. The summed E-state index contributed by atoms with van der Waals surface area (Å²) in [6.07, 6.45) is 1.27. The summed E-state index contributed by atoms with van der Waals surface area (Å²) in [5.41, 5.74) is -0.0280. The van der Waals surface area contributed by atoms with Gasteiger partial charge in [-0.05, 0) is 30.9 Å². The molecule has 1 atom stereocenters. The molecule has 1 aromatic carbocycles. The van der Waals surface area contributed by atoms with E-state index in [-0.39, 0.29) is 0 Å². The Balaban J connectivity index is 2.77. The third-order valence-electron chi connectivity index (χ3n) is 3.25. The van der Waals surface area contributed by atoms with Gasteiger partial charge in [0.05, 0.1) is 4.92 Å². The lowest BCUT2D eigenvalue weighted by atomic mass is 9.96. The van der Waals surface area contributed by atoms with Crippen molar-refractivity contribution in [1.29, 1.82) is 0 Å². The Morgan fingerprint density at radius 3 is 2.63 bits per heavy atom. The molecule has 1 aromatic rings. The molecule has 0 fully saturated rings. The molecule has 0 aliphatic heterocycles. The first-order valence-corrected chi connectivity index (χ1v) is 6.62. The number of nitrogens with one attached hydrogen (secondary N) is 1. The zero-order valence-electron chi connectivity index (χ0n) is 11.6. The van der Waals surface area contributed by atoms with Crippen LogP contribution in [-0.2, 0) is 6.42 Å². The molecule has 0 radical (unpaired) electrons. The highest BCUT2D eigenvalue weighted by Crippen LogP contribution is 2.22. The molecule has 0 spiro atoms. The molecule has 0 aliphatic rings. The zero-order chi connectivity index (χ0) is 14.4. The van der Waals surface area contributed by atoms with E-state index in [1.165, 1.54) is 12.1 Å². The molecular formula is C14H21FN2O2. The van der Waals surface area contributed by atoms with Crippen molar-refractivity contribution in [1.82, 2.24) is 5.32 Å². The second-order valence-electron chi connectivity index (χ2n) is 4.95. The summed E-state index contributed by atoms with van der Waals surface area (Å²) in [6, 6.07) is 4.65. The molecule has 19 heavy (non-hydrogen) atoms. The van der Waals surface area contributed by atoms with Gasteiger partial charge >= 0.3 is 5.69 Å². The predicted molar refractivity (Wildman–Crippen MR) is 73.7 cm³/mol. The number of halogens is 1. The third-order valence-corrected chi connectivity index (χ3v) is 3.25.